The fourth-order valence-corrected chi connectivity index (χ4v) is 7.52. The molecule has 0 radical (unpaired) electrons. The Kier molecular flexibility index (Phi) is 6.90. The molecule has 2 aromatic rings. The number of hydrogen-bond donors (Lipinski definition) is 3. The Bertz CT molecular complexity index is 979. The highest BCUT2D eigenvalue weighted by Gasteiger charge is 2.42. The summed E-state index contributed by atoms with van der Waals surface area (Å²) >= 11 is 0.556. The number of hydrogen-bond acceptors (Lipinski definition) is 7. The van der Waals surface area contributed by atoms with E-state index < -0.39 is 33.4 Å². The maximum absolute atomic E-state index is 13.7. The number of pyridine rings is 1. The summed E-state index contributed by atoms with van der Waals surface area (Å²) in [7, 11) is -3.25. The Morgan fingerprint density at radius 3 is 2.61 bits per heavy atom. The number of carbonyl (C=O) groups excluding carboxylic acids is 1. The monoisotopic (exact) mass is 504 g/mol. The van der Waals surface area contributed by atoms with E-state index in [1.807, 2.05) is 12.1 Å². The summed E-state index contributed by atoms with van der Waals surface area (Å²) in [5.41, 5.74) is -0.704. The van der Waals surface area contributed by atoms with Crippen molar-refractivity contribution >= 4 is 33.2 Å². The Balaban J connectivity index is 1.60. The summed E-state index contributed by atoms with van der Waals surface area (Å²) in [5.74, 6) is -0.781. The van der Waals surface area contributed by atoms with Gasteiger partial charge in [0.25, 0.3) is 5.91 Å². The first-order chi connectivity index (χ1) is 15.6. The van der Waals surface area contributed by atoms with E-state index in [0.717, 1.165) is 42.0 Å². The van der Waals surface area contributed by atoms with Gasteiger partial charge in [0.2, 0.25) is 5.13 Å². The van der Waals surface area contributed by atoms with Gasteiger partial charge in [-0.3, -0.25) is 18.9 Å². The van der Waals surface area contributed by atoms with Crippen molar-refractivity contribution in [2.45, 2.75) is 56.5 Å². The van der Waals surface area contributed by atoms with Gasteiger partial charge in [-0.1, -0.05) is 36.7 Å². The van der Waals surface area contributed by atoms with E-state index in [-0.39, 0.29) is 29.4 Å². The predicted molar refractivity (Wildman–Crippen MR) is 123 cm³/mol. The summed E-state index contributed by atoms with van der Waals surface area (Å²) in [6.45, 7) is 0.374. The molecule has 2 aromatic heterocycles. The normalized spacial score (nSPS) is 21.4. The van der Waals surface area contributed by atoms with Gasteiger partial charge in [0.15, 0.2) is 5.69 Å². The van der Waals surface area contributed by atoms with Crippen LogP contribution in [0.3, 0.4) is 0 Å². The number of thiazole rings is 1. The number of rotatable bonds is 5. The lowest BCUT2D eigenvalue weighted by atomic mass is 9.70. The Morgan fingerprint density at radius 2 is 1.97 bits per heavy atom. The second kappa shape index (κ2) is 9.40. The minimum absolute atomic E-state index is 0.0725. The van der Waals surface area contributed by atoms with Crippen LogP contribution >= 0.6 is 22.1 Å². The van der Waals surface area contributed by atoms with E-state index in [1.54, 1.807) is 12.4 Å². The number of aromatic nitrogens is 2. The van der Waals surface area contributed by atoms with Crippen LogP contribution in [0.4, 0.5) is 18.3 Å². The predicted octanol–water partition coefficient (Wildman–Crippen LogP) is 5.45. The average molecular weight is 505 g/mol. The fraction of sp³-hybridized carbons (Fsp3) is 0.571. The van der Waals surface area contributed by atoms with Crippen LogP contribution in [0.1, 0.15) is 65.9 Å². The number of carbonyl (C=O) groups is 1. The van der Waals surface area contributed by atoms with E-state index in [2.05, 4.69) is 15.3 Å². The lowest BCUT2D eigenvalue weighted by Gasteiger charge is -2.45. The van der Waals surface area contributed by atoms with E-state index in [1.165, 1.54) is 0 Å². The molecule has 1 amide bonds. The third-order valence-electron chi connectivity index (χ3n) is 6.36. The van der Waals surface area contributed by atoms with E-state index in [4.69, 9.17) is 0 Å². The van der Waals surface area contributed by atoms with Crippen LogP contribution in [-0.4, -0.2) is 43.8 Å². The molecule has 0 unspecified atom stereocenters. The van der Waals surface area contributed by atoms with Crippen molar-refractivity contribution in [1.82, 2.24) is 15.3 Å². The van der Waals surface area contributed by atoms with Crippen LogP contribution in [0, 0.1) is 0 Å². The molecular formula is C21H27F3N4O3S2. The molecule has 4 rings (SSSR count). The van der Waals surface area contributed by atoms with Crippen molar-refractivity contribution in [3.05, 3.63) is 40.7 Å². The van der Waals surface area contributed by atoms with Crippen molar-refractivity contribution in [3.8, 4) is 0 Å². The maximum atomic E-state index is 13.7. The molecule has 33 heavy (non-hydrogen) atoms. The second-order valence-corrected chi connectivity index (χ2v) is 11.7. The lowest BCUT2D eigenvalue weighted by molar-refractivity contribution is -0.141. The van der Waals surface area contributed by atoms with Gasteiger partial charge in [-0.2, -0.15) is 13.2 Å². The Labute approximate surface area is 195 Å². The highest BCUT2D eigenvalue weighted by Crippen LogP contribution is 2.51. The summed E-state index contributed by atoms with van der Waals surface area (Å²) in [6.07, 6.45) is 4.39. The molecule has 182 valence electrons. The highest BCUT2D eigenvalue weighted by atomic mass is 32.3. The molecule has 1 saturated heterocycles. The maximum Gasteiger partial charge on any atom is 0.435 e. The molecular weight excluding hydrogens is 477 g/mol. The topological polar surface area (TPSA) is 98.6 Å². The van der Waals surface area contributed by atoms with Gasteiger partial charge in [-0.25, -0.2) is 9.29 Å². The van der Waals surface area contributed by atoms with Crippen molar-refractivity contribution in [1.29, 1.82) is 0 Å². The first-order valence-electron chi connectivity index (χ1n) is 10.9. The number of nitrogens with one attached hydrogen (secondary N) is 1. The Morgan fingerprint density at radius 1 is 1.21 bits per heavy atom. The minimum atomic E-state index is -4.84. The summed E-state index contributed by atoms with van der Waals surface area (Å²) in [6, 6.07) is 3.76. The van der Waals surface area contributed by atoms with E-state index in [0.29, 0.717) is 24.2 Å². The van der Waals surface area contributed by atoms with Gasteiger partial charge in [0.1, 0.15) is 4.88 Å². The number of alkyl halides is 3. The lowest BCUT2D eigenvalue weighted by Crippen LogP contribution is -2.42. The van der Waals surface area contributed by atoms with Crippen LogP contribution in [-0.2, 0) is 11.6 Å². The minimum Gasteiger partial charge on any atom is -0.350 e. The zero-order valence-electron chi connectivity index (χ0n) is 18.0. The SMILES string of the molecule is O=C(NCC1(c2cccnc2)CCCCC1)c1sc(N2CCCCS2(O)O)nc1C(F)(F)F. The van der Waals surface area contributed by atoms with E-state index in [9.17, 15) is 27.1 Å². The molecule has 2 fully saturated rings. The van der Waals surface area contributed by atoms with Crippen LogP contribution < -0.4 is 9.62 Å². The summed E-state index contributed by atoms with van der Waals surface area (Å²) in [5, 5.41) is 2.54. The quantitative estimate of drug-likeness (QED) is 0.501. The zero-order valence-corrected chi connectivity index (χ0v) is 19.6. The molecule has 2 aliphatic rings. The van der Waals surface area contributed by atoms with Crippen LogP contribution in [0.15, 0.2) is 24.5 Å². The van der Waals surface area contributed by atoms with Gasteiger partial charge in [-0.05, 0) is 37.3 Å². The van der Waals surface area contributed by atoms with Crippen molar-refractivity contribution in [2.75, 3.05) is 23.1 Å². The highest BCUT2D eigenvalue weighted by molar-refractivity contribution is 8.25. The molecule has 3 heterocycles. The van der Waals surface area contributed by atoms with Crippen molar-refractivity contribution < 1.29 is 27.1 Å². The molecule has 0 atom stereocenters. The van der Waals surface area contributed by atoms with Gasteiger partial charge in [0.05, 0.1) is 5.75 Å². The standard InChI is InChI=1S/C21H27F3N4O3S2/c22-21(23,24)17-16(32-19(27-17)28-11-4-5-12-33(28,30)31)18(29)26-14-20(8-2-1-3-9-20)15-7-6-10-25-13-15/h6-7,10,13,30-31H,1-5,8-9,11-12,14H2,(H,26,29). The van der Waals surface area contributed by atoms with Crippen molar-refractivity contribution in [2.24, 2.45) is 0 Å². The summed E-state index contributed by atoms with van der Waals surface area (Å²) in [4.78, 5) is 20.3. The van der Waals surface area contributed by atoms with Gasteiger partial charge in [-0.15, -0.1) is 10.8 Å². The fourth-order valence-electron chi connectivity index (χ4n) is 4.59. The second-order valence-electron chi connectivity index (χ2n) is 8.58. The number of nitrogens with zero attached hydrogens (tertiary/aromatic N) is 3. The van der Waals surface area contributed by atoms with Gasteiger partial charge >= 0.3 is 6.18 Å². The van der Waals surface area contributed by atoms with Gasteiger partial charge < -0.3 is 5.32 Å². The third-order valence-corrected chi connectivity index (χ3v) is 9.45. The van der Waals surface area contributed by atoms with E-state index >= 15 is 0 Å². The van der Waals surface area contributed by atoms with Crippen LogP contribution in [0.5, 0.6) is 0 Å². The number of amides is 1. The Hall–Kier alpha value is -1.89. The molecule has 0 aromatic carbocycles. The summed E-state index contributed by atoms with van der Waals surface area (Å²) < 4.78 is 62.9. The van der Waals surface area contributed by atoms with Gasteiger partial charge in [0, 0.05) is 30.9 Å². The number of anilines is 1. The molecule has 7 nitrogen and oxygen atoms in total. The largest absolute Gasteiger partial charge is 0.435 e. The first-order valence-corrected chi connectivity index (χ1v) is 13.4. The molecule has 12 heteroatoms. The molecule has 0 bridgehead atoms. The molecule has 1 aliphatic carbocycles. The average Bonchev–Trinajstić information content (AvgIpc) is 3.24. The third kappa shape index (κ3) is 5.13. The van der Waals surface area contributed by atoms with Crippen LogP contribution in [0.25, 0.3) is 0 Å². The number of halogens is 3. The molecule has 1 saturated carbocycles. The van der Waals surface area contributed by atoms with Crippen molar-refractivity contribution in [3.63, 3.8) is 0 Å². The smallest absolute Gasteiger partial charge is 0.350 e. The zero-order chi connectivity index (χ0) is 23.7. The molecule has 3 N–H and O–H groups in total. The first kappa shape index (κ1) is 24.2. The van der Waals surface area contributed by atoms with Crippen LogP contribution in [0.2, 0.25) is 0 Å². The molecule has 0 spiro atoms. The molecule has 1 aliphatic heterocycles.